The van der Waals surface area contributed by atoms with Crippen molar-refractivity contribution in [3.8, 4) is 0 Å². The van der Waals surface area contributed by atoms with Crippen LogP contribution in [0, 0.1) is 6.92 Å². The molecule has 0 unspecified atom stereocenters. The summed E-state index contributed by atoms with van der Waals surface area (Å²) in [4.78, 5) is 10.5. The van der Waals surface area contributed by atoms with Gasteiger partial charge in [0.2, 0.25) is 0 Å². The third-order valence-corrected chi connectivity index (χ3v) is 4.39. The molecule has 0 aliphatic heterocycles. The predicted octanol–water partition coefficient (Wildman–Crippen LogP) is 2.41. The molecule has 1 aromatic carbocycles. The number of carbonyl (C=O) groups is 1. The van der Waals surface area contributed by atoms with E-state index in [4.69, 9.17) is 28.8 Å². The Morgan fingerprint density at radius 1 is 1.20 bits per heavy atom. The molecule has 0 bridgehead atoms. The first-order chi connectivity index (χ1) is 8.73. The molecule has 12 heteroatoms. The highest BCUT2D eigenvalue weighted by Crippen LogP contribution is 2.29. The summed E-state index contributed by atoms with van der Waals surface area (Å²) in [7, 11) is 1.08. The van der Waals surface area contributed by atoms with Gasteiger partial charge in [-0.05, 0) is 40.5 Å². The summed E-state index contributed by atoms with van der Waals surface area (Å²) in [6.07, 6.45) is 0. The Morgan fingerprint density at radius 3 is 1.90 bits per heavy atom. The first kappa shape index (κ1) is 19.6. The molecular formula is C8H7BrCl2O7S2. The minimum atomic E-state index is -4.19. The molecule has 0 spiro atoms. The molecule has 0 aliphatic carbocycles. The highest BCUT2D eigenvalue weighted by Gasteiger charge is 2.19. The Morgan fingerprint density at radius 2 is 1.60 bits per heavy atom. The molecule has 114 valence electrons. The summed E-state index contributed by atoms with van der Waals surface area (Å²) in [5.41, 5.74) is 0.379. The van der Waals surface area contributed by atoms with Crippen LogP contribution in [0.3, 0.4) is 0 Å². The average molecular weight is 430 g/mol. The fraction of sp³-hybridized carbons (Fsp3) is 0.125. The Balaban J connectivity index is 0.000000621. The van der Waals surface area contributed by atoms with Crippen molar-refractivity contribution in [3.05, 3.63) is 27.7 Å². The molecule has 0 aromatic heterocycles. The van der Waals surface area contributed by atoms with Crippen LogP contribution in [0.4, 0.5) is 0 Å². The zero-order chi connectivity index (χ0) is 16.3. The molecule has 0 amide bonds. The third-order valence-electron chi connectivity index (χ3n) is 1.73. The zero-order valence-electron chi connectivity index (χ0n) is 9.54. The van der Waals surface area contributed by atoms with Gasteiger partial charge in [0.1, 0.15) is 0 Å². The molecule has 0 fully saturated rings. The number of carboxylic acids is 1. The van der Waals surface area contributed by atoms with Crippen LogP contribution in [0.15, 0.2) is 21.5 Å². The van der Waals surface area contributed by atoms with Crippen LogP contribution in [-0.2, 0) is 18.4 Å². The largest absolute Gasteiger partial charge is 0.478 e. The minimum absolute atomic E-state index is 0.116. The van der Waals surface area contributed by atoms with Crippen molar-refractivity contribution in [2.45, 2.75) is 11.8 Å². The third kappa shape index (κ3) is 7.41. The minimum Gasteiger partial charge on any atom is -0.478 e. The summed E-state index contributed by atoms with van der Waals surface area (Å²) in [6, 6.07) is 2.37. The maximum Gasteiger partial charge on any atom is 0.353 e. The number of rotatable bonds is 2. The van der Waals surface area contributed by atoms with Gasteiger partial charge in [-0.1, -0.05) is 0 Å². The van der Waals surface area contributed by atoms with Gasteiger partial charge in [0.25, 0.3) is 9.05 Å². The lowest BCUT2D eigenvalue weighted by Crippen LogP contribution is -2.02. The Hall–Kier alpha value is -0.390. The van der Waals surface area contributed by atoms with E-state index in [1.54, 1.807) is 6.92 Å². The van der Waals surface area contributed by atoms with Gasteiger partial charge in [0.05, 0.1) is 10.5 Å². The molecule has 0 saturated heterocycles. The van der Waals surface area contributed by atoms with E-state index in [1.807, 2.05) is 0 Å². The van der Waals surface area contributed by atoms with Gasteiger partial charge in [-0.2, -0.15) is 8.42 Å². The van der Waals surface area contributed by atoms with Crippen LogP contribution in [-0.4, -0.2) is 32.5 Å². The number of halogens is 3. The molecule has 7 nitrogen and oxygen atoms in total. The summed E-state index contributed by atoms with van der Waals surface area (Å²) in [6.45, 7) is 1.59. The molecule has 20 heavy (non-hydrogen) atoms. The highest BCUT2D eigenvalue weighted by atomic mass is 79.9. The molecule has 0 atom stereocenters. The average Bonchev–Trinajstić information content (AvgIpc) is 2.17. The maximum absolute atomic E-state index is 11.1. The number of benzene rings is 1. The van der Waals surface area contributed by atoms with Crippen LogP contribution in [0.5, 0.6) is 0 Å². The topological polar surface area (TPSA) is 126 Å². The molecule has 0 radical (unpaired) electrons. The zero-order valence-corrected chi connectivity index (χ0v) is 14.3. The second-order valence-corrected chi connectivity index (χ2v) is 8.58. The normalized spacial score (nSPS) is 11.4. The number of hydrogen-bond donors (Lipinski definition) is 2. The van der Waals surface area contributed by atoms with E-state index in [1.165, 1.54) is 6.07 Å². The predicted molar refractivity (Wildman–Crippen MR) is 76.3 cm³/mol. The van der Waals surface area contributed by atoms with E-state index in [2.05, 4.69) is 26.6 Å². The lowest BCUT2D eigenvalue weighted by atomic mass is 10.1. The van der Waals surface area contributed by atoms with E-state index in [0.29, 0.717) is 5.56 Å². The van der Waals surface area contributed by atoms with Gasteiger partial charge in [0, 0.05) is 25.8 Å². The van der Waals surface area contributed by atoms with Crippen molar-refractivity contribution in [2.24, 2.45) is 0 Å². The molecule has 0 saturated carbocycles. The number of aromatic carboxylic acids is 1. The van der Waals surface area contributed by atoms with Gasteiger partial charge >= 0.3 is 15.3 Å². The molecule has 1 rings (SSSR count). The summed E-state index contributed by atoms with van der Waals surface area (Å²) >= 11 is 3.04. The van der Waals surface area contributed by atoms with Crippen LogP contribution in [0.1, 0.15) is 15.9 Å². The SMILES string of the molecule is Cc1cc(C(=O)O)cc(S(=O)(=O)Cl)c1Br.O=S(=O)(O)Cl. The Bertz CT molecular complexity index is 719. The Kier molecular flexibility index (Phi) is 6.91. The lowest BCUT2D eigenvalue weighted by molar-refractivity contribution is 0.0696. The Labute approximate surface area is 132 Å². The maximum atomic E-state index is 11.1. The molecule has 2 N–H and O–H groups in total. The monoisotopic (exact) mass is 428 g/mol. The van der Waals surface area contributed by atoms with Crippen molar-refractivity contribution < 1.29 is 31.3 Å². The molecule has 0 heterocycles. The first-order valence-electron chi connectivity index (χ1n) is 4.38. The van der Waals surface area contributed by atoms with Gasteiger partial charge in [-0.15, -0.1) is 0 Å². The van der Waals surface area contributed by atoms with Gasteiger partial charge in [-0.3, -0.25) is 4.55 Å². The molecule has 1 aromatic rings. The van der Waals surface area contributed by atoms with E-state index in [0.717, 1.165) is 6.07 Å². The van der Waals surface area contributed by atoms with E-state index >= 15 is 0 Å². The summed E-state index contributed by atoms with van der Waals surface area (Å²) in [5.74, 6) is -1.20. The second-order valence-electron chi connectivity index (χ2n) is 3.26. The summed E-state index contributed by atoms with van der Waals surface area (Å²) in [5, 5.41) is 8.74. The van der Waals surface area contributed by atoms with E-state index < -0.39 is 24.4 Å². The highest BCUT2D eigenvalue weighted by molar-refractivity contribution is 9.10. The molecule has 0 aliphatic rings. The van der Waals surface area contributed by atoms with Crippen LogP contribution >= 0.6 is 37.3 Å². The standard InChI is InChI=1S/C8H6BrClO4S.ClHO3S/c1-4-2-5(8(11)12)3-6(7(4)9)15(10,13)14;1-5(2,3)4/h2-3H,1H3,(H,11,12);(H,2,3,4). The van der Waals surface area contributed by atoms with E-state index in [-0.39, 0.29) is 14.9 Å². The number of carboxylic acid groups (broad SMARTS) is 1. The van der Waals surface area contributed by atoms with Crippen LogP contribution in [0.2, 0.25) is 0 Å². The van der Waals surface area contributed by atoms with Gasteiger partial charge in [-0.25, -0.2) is 13.2 Å². The van der Waals surface area contributed by atoms with Gasteiger partial charge in [0.15, 0.2) is 0 Å². The van der Waals surface area contributed by atoms with Gasteiger partial charge < -0.3 is 5.11 Å². The quantitative estimate of drug-likeness (QED) is 0.545. The fourth-order valence-corrected chi connectivity index (χ4v) is 3.19. The smallest absolute Gasteiger partial charge is 0.353 e. The second kappa shape index (κ2) is 7.05. The van der Waals surface area contributed by atoms with Crippen LogP contribution in [0.25, 0.3) is 0 Å². The number of hydrogen-bond acceptors (Lipinski definition) is 5. The van der Waals surface area contributed by atoms with Crippen molar-refractivity contribution in [1.82, 2.24) is 0 Å². The summed E-state index contributed by atoms with van der Waals surface area (Å²) < 4.78 is 47.7. The lowest BCUT2D eigenvalue weighted by Gasteiger charge is -2.05. The van der Waals surface area contributed by atoms with Crippen molar-refractivity contribution in [3.63, 3.8) is 0 Å². The number of aryl methyl sites for hydroxylation is 1. The van der Waals surface area contributed by atoms with Crippen LogP contribution < -0.4 is 0 Å². The van der Waals surface area contributed by atoms with Crippen molar-refractivity contribution in [2.75, 3.05) is 0 Å². The van der Waals surface area contributed by atoms with E-state index in [9.17, 15) is 13.2 Å². The van der Waals surface area contributed by atoms with Crippen molar-refractivity contribution >= 4 is 61.6 Å². The fourth-order valence-electron chi connectivity index (χ4n) is 1.04. The molecular weight excluding hydrogens is 423 g/mol. The van der Waals surface area contributed by atoms with Crippen molar-refractivity contribution in [1.29, 1.82) is 0 Å². The first-order valence-corrected chi connectivity index (χ1v) is 9.75.